The Morgan fingerprint density at radius 3 is 2.45 bits per heavy atom. The van der Waals surface area contributed by atoms with Crippen LogP contribution in [0.2, 0.25) is 5.02 Å². The molecule has 33 heavy (non-hydrogen) atoms. The van der Waals surface area contributed by atoms with Crippen molar-refractivity contribution in [1.82, 2.24) is 4.90 Å². The minimum absolute atomic E-state index is 0.328. The summed E-state index contributed by atoms with van der Waals surface area (Å²) in [5.41, 5.74) is 2.89. The smallest absolute Gasteiger partial charge is 0.341 e. The maximum absolute atomic E-state index is 12.6. The standard InChI is InChI=1S/C25H26ClN3O2S2/c1-2-31-24(30)22-17-21(16-18-6-4-3-5-7-18)33-23(22)27-25(32)29-14-12-28(13-15-29)20-10-8-19(26)9-11-20/h3-11,17H,2,12-16H2,1H3,(H,27,32). The van der Waals surface area contributed by atoms with Crippen LogP contribution in [-0.4, -0.2) is 48.8 Å². The molecule has 4 rings (SSSR count). The van der Waals surface area contributed by atoms with Crippen LogP contribution >= 0.6 is 35.2 Å². The van der Waals surface area contributed by atoms with E-state index < -0.39 is 0 Å². The molecular weight excluding hydrogens is 474 g/mol. The molecule has 2 heterocycles. The Balaban J connectivity index is 1.43. The highest BCUT2D eigenvalue weighted by Crippen LogP contribution is 2.31. The van der Waals surface area contributed by atoms with Crippen LogP contribution in [0.5, 0.6) is 0 Å². The molecule has 1 N–H and O–H groups in total. The van der Waals surface area contributed by atoms with Gasteiger partial charge in [0.15, 0.2) is 5.11 Å². The summed E-state index contributed by atoms with van der Waals surface area (Å²) in [7, 11) is 0. The van der Waals surface area contributed by atoms with Gasteiger partial charge < -0.3 is 19.9 Å². The maximum atomic E-state index is 12.6. The predicted octanol–water partition coefficient (Wildman–Crippen LogP) is 5.69. The third kappa shape index (κ3) is 6.05. The van der Waals surface area contributed by atoms with Crippen molar-refractivity contribution in [2.45, 2.75) is 13.3 Å². The van der Waals surface area contributed by atoms with Gasteiger partial charge in [-0.2, -0.15) is 0 Å². The largest absolute Gasteiger partial charge is 0.462 e. The van der Waals surface area contributed by atoms with Crippen molar-refractivity contribution >= 4 is 56.9 Å². The molecule has 0 bridgehead atoms. The summed E-state index contributed by atoms with van der Waals surface area (Å²) in [6, 6.07) is 20.0. The Bertz CT molecular complexity index is 1090. The van der Waals surface area contributed by atoms with E-state index in [4.69, 9.17) is 28.6 Å². The van der Waals surface area contributed by atoms with Gasteiger partial charge in [-0.15, -0.1) is 11.3 Å². The van der Waals surface area contributed by atoms with Crippen molar-refractivity contribution in [3.8, 4) is 0 Å². The average Bonchev–Trinajstić information content (AvgIpc) is 3.22. The monoisotopic (exact) mass is 499 g/mol. The molecule has 0 atom stereocenters. The quantitative estimate of drug-likeness (QED) is 0.347. The molecule has 1 fully saturated rings. The van der Waals surface area contributed by atoms with Crippen LogP contribution in [0, 0.1) is 0 Å². The zero-order valence-corrected chi connectivity index (χ0v) is 20.8. The molecule has 0 saturated carbocycles. The fourth-order valence-electron chi connectivity index (χ4n) is 3.78. The lowest BCUT2D eigenvalue weighted by atomic mass is 10.1. The number of anilines is 2. The molecule has 0 spiro atoms. The zero-order chi connectivity index (χ0) is 23.2. The summed E-state index contributed by atoms with van der Waals surface area (Å²) in [4.78, 5) is 18.1. The molecule has 0 radical (unpaired) electrons. The lowest BCUT2D eigenvalue weighted by Crippen LogP contribution is -2.50. The maximum Gasteiger partial charge on any atom is 0.341 e. The van der Waals surface area contributed by atoms with E-state index in [0.717, 1.165) is 53.2 Å². The number of rotatable bonds is 6. The molecule has 1 aliphatic rings. The van der Waals surface area contributed by atoms with Crippen LogP contribution in [0.3, 0.4) is 0 Å². The number of hydrogen-bond donors (Lipinski definition) is 1. The van der Waals surface area contributed by atoms with Crippen molar-refractivity contribution < 1.29 is 9.53 Å². The van der Waals surface area contributed by atoms with Gasteiger partial charge in [0.2, 0.25) is 0 Å². The summed E-state index contributed by atoms with van der Waals surface area (Å²) in [6.07, 6.45) is 0.756. The number of ether oxygens (including phenoxy) is 1. The van der Waals surface area contributed by atoms with Gasteiger partial charge >= 0.3 is 5.97 Å². The van der Waals surface area contributed by atoms with Crippen molar-refractivity contribution in [2.75, 3.05) is 43.0 Å². The summed E-state index contributed by atoms with van der Waals surface area (Å²) >= 11 is 13.3. The molecule has 2 aromatic carbocycles. The van der Waals surface area contributed by atoms with Crippen LogP contribution in [0.25, 0.3) is 0 Å². The lowest BCUT2D eigenvalue weighted by Gasteiger charge is -2.37. The number of halogens is 1. The predicted molar refractivity (Wildman–Crippen MR) is 141 cm³/mol. The van der Waals surface area contributed by atoms with E-state index >= 15 is 0 Å². The number of benzene rings is 2. The second-order valence-electron chi connectivity index (χ2n) is 7.72. The van der Waals surface area contributed by atoms with Crippen molar-refractivity contribution in [3.63, 3.8) is 0 Å². The number of piperazine rings is 1. The zero-order valence-electron chi connectivity index (χ0n) is 18.4. The molecule has 5 nitrogen and oxygen atoms in total. The lowest BCUT2D eigenvalue weighted by molar-refractivity contribution is 0.0528. The second-order valence-corrected chi connectivity index (χ2v) is 9.68. The number of hydrogen-bond acceptors (Lipinski definition) is 5. The number of esters is 1. The number of carbonyl (C=O) groups excluding carboxylic acids is 1. The van der Waals surface area contributed by atoms with E-state index in [1.165, 1.54) is 5.56 Å². The molecule has 0 aliphatic carbocycles. The minimum atomic E-state index is -0.328. The molecular formula is C25H26ClN3O2S2. The molecule has 0 amide bonds. The average molecular weight is 500 g/mol. The van der Waals surface area contributed by atoms with Crippen molar-refractivity contribution in [1.29, 1.82) is 0 Å². The van der Waals surface area contributed by atoms with Gasteiger partial charge in [0.1, 0.15) is 5.00 Å². The molecule has 8 heteroatoms. The Morgan fingerprint density at radius 2 is 1.79 bits per heavy atom. The van der Waals surface area contributed by atoms with E-state index in [-0.39, 0.29) is 5.97 Å². The number of thiocarbonyl (C=S) groups is 1. The molecule has 1 aliphatic heterocycles. The van der Waals surface area contributed by atoms with Gasteiger partial charge in [-0.3, -0.25) is 0 Å². The van der Waals surface area contributed by atoms with Crippen molar-refractivity contribution in [3.05, 3.63) is 81.7 Å². The minimum Gasteiger partial charge on any atom is -0.462 e. The summed E-state index contributed by atoms with van der Waals surface area (Å²) in [5.74, 6) is -0.328. The first-order chi connectivity index (χ1) is 16.0. The number of carbonyl (C=O) groups is 1. The van der Waals surface area contributed by atoms with E-state index in [1.807, 2.05) is 55.5 Å². The molecule has 3 aromatic rings. The fraction of sp³-hybridized carbons (Fsp3) is 0.280. The van der Waals surface area contributed by atoms with Gasteiger partial charge in [-0.1, -0.05) is 41.9 Å². The van der Waals surface area contributed by atoms with Crippen LogP contribution < -0.4 is 10.2 Å². The summed E-state index contributed by atoms with van der Waals surface area (Å²) < 4.78 is 5.29. The number of thiophene rings is 1. The fourth-order valence-corrected chi connectivity index (χ4v) is 5.33. The number of nitrogens with one attached hydrogen (secondary N) is 1. The first kappa shape index (κ1) is 23.5. The third-order valence-corrected chi connectivity index (χ3v) is 7.14. The number of nitrogens with zero attached hydrogens (tertiary/aromatic N) is 2. The second kappa shape index (κ2) is 11.0. The summed E-state index contributed by atoms with van der Waals surface area (Å²) in [5, 5.41) is 5.43. The highest BCUT2D eigenvalue weighted by Gasteiger charge is 2.23. The van der Waals surface area contributed by atoms with Gasteiger partial charge in [0, 0.05) is 48.2 Å². The molecule has 1 aromatic heterocycles. The SMILES string of the molecule is CCOC(=O)c1cc(Cc2ccccc2)sc1NC(=S)N1CCN(c2ccc(Cl)cc2)CC1. The molecule has 172 valence electrons. The highest BCUT2D eigenvalue weighted by molar-refractivity contribution is 7.80. The van der Waals surface area contributed by atoms with Crippen LogP contribution in [-0.2, 0) is 11.2 Å². The molecule has 0 unspecified atom stereocenters. The van der Waals surface area contributed by atoms with Gasteiger partial charge in [-0.25, -0.2) is 4.79 Å². The van der Waals surface area contributed by atoms with E-state index in [1.54, 1.807) is 11.3 Å². The van der Waals surface area contributed by atoms with Gasteiger partial charge in [0.05, 0.1) is 12.2 Å². The summed E-state index contributed by atoms with van der Waals surface area (Å²) in [6.45, 7) is 5.46. The normalized spacial score (nSPS) is 13.6. The Kier molecular flexibility index (Phi) is 7.85. The first-order valence-corrected chi connectivity index (χ1v) is 12.5. The molecule has 1 saturated heterocycles. The van der Waals surface area contributed by atoms with Crippen LogP contribution in [0.4, 0.5) is 10.7 Å². The van der Waals surface area contributed by atoms with Crippen LogP contribution in [0.1, 0.15) is 27.7 Å². The highest BCUT2D eigenvalue weighted by atomic mass is 35.5. The Morgan fingerprint density at radius 1 is 1.09 bits per heavy atom. The Labute approximate surface area is 208 Å². The van der Waals surface area contributed by atoms with Crippen LogP contribution in [0.15, 0.2) is 60.7 Å². The van der Waals surface area contributed by atoms with E-state index in [2.05, 4.69) is 27.2 Å². The first-order valence-electron chi connectivity index (χ1n) is 10.9. The van der Waals surface area contributed by atoms with E-state index in [9.17, 15) is 4.79 Å². The Hall–Kier alpha value is -2.61. The van der Waals surface area contributed by atoms with E-state index in [0.29, 0.717) is 17.3 Å². The third-order valence-electron chi connectivity index (χ3n) is 5.48. The van der Waals surface area contributed by atoms with Gasteiger partial charge in [-0.05, 0) is 55.0 Å². The topological polar surface area (TPSA) is 44.8 Å². The van der Waals surface area contributed by atoms with Crippen molar-refractivity contribution in [2.24, 2.45) is 0 Å². The van der Waals surface area contributed by atoms with Gasteiger partial charge in [0.25, 0.3) is 0 Å².